The normalized spacial score (nSPS) is 49.0. The number of fused-ring (bicyclic) bond motifs is 7. The van der Waals surface area contributed by atoms with Crippen LogP contribution in [0.3, 0.4) is 0 Å². The Bertz CT molecular complexity index is 1230. The molecule has 1 spiro atoms. The van der Waals surface area contributed by atoms with Gasteiger partial charge in [0.1, 0.15) is 0 Å². The third-order valence-electron chi connectivity index (χ3n) is 12.4. The molecule has 11 atom stereocenters. The Morgan fingerprint density at radius 2 is 2.03 bits per heavy atom. The van der Waals surface area contributed by atoms with Crippen molar-refractivity contribution in [2.45, 2.75) is 103 Å². The molecule has 0 radical (unpaired) electrons. The number of H-pyrrole nitrogens is 1. The minimum Gasteiger partial charge on any atom is -0.369 e. The number of hydrogen-bond donors (Lipinski definition) is 1. The quantitative estimate of drug-likeness (QED) is 0.393. The zero-order valence-corrected chi connectivity index (χ0v) is 24.4. The van der Waals surface area contributed by atoms with E-state index < -0.39 is 9.71 Å². The molecule has 1 aromatic heterocycles. The summed E-state index contributed by atoms with van der Waals surface area (Å²) >= 11 is 0. The molecule has 2 saturated heterocycles. The van der Waals surface area contributed by atoms with Crippen LogP contribution in [0.15, 0.2) is 17.3 Å². The zero-order valence-electron chi connectivity index (χ0n) is 23.6. The number of nitrogens with one attached hydrogen (secondary N) is 1. The number of piperidine rings is 1. The Morgan fingerprint density at radius 1 is 1.22 bits per heavy atom. The number of ether oxygens (including phenoxy) is 1. The van der Waals surface area contributed by atoms with Crippen molar-refractivity contribution < 1.29 is 8.95 Å². The number of rotatable bonds is 1. The van der Waals surface area contributed by atoms with E-state index in [-0.39, 0.29) is 17.7 Å². The molecule has 37 heavy (non-hydrogen) atoms. The smallest absolute Gasteiger partial charge is 0.0765 e. The van der Waals surface area contributed by atoms with E-state index in [0.717, 1.165) is 49.5 Å². The van der Waals surface area contributed by atoms with E-state index in [4.69, 9.17) is 4.74 Å². The van der Waals surface area contributed by atoms with Crippen molar-refractivity contribution in [3.63, 3.8) is 0 Å². The van der Waals surface area contributed by atoms with Crippen LogP contribution in [0.2, 0.25) is 0 Å². The van der Waals surface area contributed by atoms with E-state index in [2.05, 4.69) is 54.3 Å². The predicted molar refractivity (Wildman–Crippen MR) is 151 cm³/mol. The van der Waals surface area contributed by atoms with Gasteiger partial charge in [-0.2, -0.15) is 5.10 Å². The maximum Gasteiger partial charge on any atom is 0.0765 e. The van der Waals surface area contributed by atoms with Crippen LogP contribution in [-0.2, 0) is 27.3 Å². The summed E-state index contributed by atoms with van der Waals surface area (Å²) in [5.74, 6) is 8.13. The van der Waals surface area contributed by atoms with Crippen LogP contribution in [0.4, 0.5) is 0 Å². The summed E-state index contributed by atoms with van der Waals surface area (Å²) in [7, 11) is -2.26. The lowest BCUT2D eigenvalue weighted by atomic mass is 9.52. The highest BCUT2D eigenvalue weighted by Gasteiger charge is 2.60. The van der Waals surface area contributed by atoms with E-state index in [9.17, 15) is 4.21 Å². The summed E-state index contributed by atoms with van der Waals surface area (Å²) < 4.78 is 22.6. The second-order valence-corrected chi connectivity index (χ2v) is 16.9. The first-order valence-corrected chi connectivity index (χ1v) is 17.1. The summed E-state index contributed by atoms with van der Waals surface area (Å²) in [6.07, 6.45) is 15.1. The molecule has 4 aliphatic carbocycles. The molecule has 7 rings (SSSR count). The van der Waals surface area contributed by atoms with Crippen molar-refractivity contribution in [2.24, 2.45) is 40.9 Å². The summed E-state index contributed by atoms with van der Waals surface area (Å²) in [6.45, 7) is 10.6. The maximum atomic E-state index is 13.2. The lowest BCUT2D eigenvalue weighted by Crippen LogP contribution is -2.53. The van der Waals surface area contributed by atoms with Crippen LogP contribution >= 0.6 is 0 Å². The molecule has 204 valence electrons. The van der Waals surface area contributed by atoms with Crippen molar-refractivity contribution in [3.05, 3.63) is 28.6 Å². The van der Waals surface area contributed by atoms with Gasteiger partial charge in [-0.25, -0.2) is 4.31 Å². The minimum atomic E-state index is -2.26. The van der Waals surface area contributed by atoms with Crippen LogP contribution in [0.25, 0.3) is 0 Å². The monoisotopic (exact) mass is 525 g/mol. The molecule has 3 heterocycles. The van der Waals surface area contributed by atoms with E-state index in [1.165, 1.54) is 49.8 Å². The Hall–Kier alpha value is -1.11. The van der Waals surface area contributed by atoms with Crippen LogP contribution in [0, 0.1) is 40.9 Å². The maximum absolute atomic E-state index is 13.2. The molecule has 1 aromatic rings. The van der Waals surface area contributed by atoms with Gasteiger partial charge in [0.05, 0.1) is 23.9 Å². The average molecular weight is 526 g/mol. The topological polar surface area (TPSA) is 58.2 Å². The summed E-state index contributed by atoms with van der Waals surface area (Å²) in [4.78, 5) is 0. The molecule has 1 unspecified atom stereocenters. The number of aromatic nitrogens is 2. The Balaban J connectivity index is 1.19. The van der Waals surface area contributed by atoms with Gasteiger partial charge in [0.2, 0.25) is 0 Å². The average Bonchev–Trinajstić information content (AvgIpc) is 3.47. The van der Waals surface area contributed by atoms with Crippen molar-refractivity contribution in [1.29, 1.82) is 0 Å². The van der Waals surface area contributed by atoms with Gasteiger partial charge in [-0.3, -0.25) is 9.31 Å². The number of allylic oxidation sites excluding steroid dienone is 1. The molecular formula is C31H47N3O2S. The standard InChI is InChI=1S/C31H47N3O2S/c1-18-11-28-29(34(17-18)37(5,6)35)20(3)31(36-28)10-9-23-24-8-7-22-12-27-21(16-32-33-27)15-30(22,4)26(24)13-25(23)19(2)14-31/h16,18,20,22-24,26,28-29H,5,7-15,17H2,1-4,6H3,(H,32,33)/t18-,20+,22+,23-,24-,26-,28+,29-,30-,31-,37?/m0/s1. The molecule has 0 amide bonds. The molecule has 0 aromatic carbocycles. The van der Waals surface area contributed by atoms with Crippen molar-refractivity contribution in [3.8, 4) is 0 Å². The number of nitrogens with zero attached hydrogens (tertiary/aromatic N) is 2. The fourth-order valence-electron chi connectivity index (χ4n) is 10.6. The lowest BCUT2D eigenvalue weighted by molar-refractivity contribution is -0.0761. The fourth-order valence-corrected chi connectivity index (χ4v) is 12.0. The molecule has 6 aliphatic rings. The van der Waals surface area contributed by atoms with Crippen molar-refractivity contribution in [1.82, 2.24) is 14.5 Å². The Morgan fingerprint density at radius 3 is 2.81 bits per heavy atom. The molecule has 1 N–H and O–H groups in total. The Kier molecular flexibility index (Phi) is 5.52. The van der Waals surface area contributed by atoms with Crippen molar-refractivity contribution in [2.75, 3.05) is 12.8 Å². The highest BCUT2D eigenvalue weighted by Crippen LogP contribution is 2.64. The highest BCUT2D eigenvalue weighted by atomic mass is 32.2. The molecule has 6 heteroatoms. The van der Waals surface area contributed by atoms with Gasteiger partial charge in [0.25, 0.3) is 0 Å². The van der Waals surface area contributed by atoms with Gasteiger partial charge in [-0.15, -0.1) is 0 Å². The van der Waals surface area contributed by atoms with Crippen LogP contribution in [0.5, 0.6) is 0 Å². The van der Waals surface area contributed by atoms with E-state index in [1.54, 1.807) is 11.1 Å². The summed E-state index contributed by atoms with van der Waals surface area (Å²) in [6, 6.07) is 0.232. The largest absolute Gasteiger partial charge is 0.369 e. The molecule has 5 nitrogen and oxygen atoms in total. The van der Waals surface area contributed by atoms with Gasteiger partial charge < -0.3 is 4.74 Å². The lowest BCUT2D eigenvalue weighted by Gasteiger charge is -2.52. The second-order valence-electron chi connectivity index (χ2n) is 14.5. The third-order valence-corrected chi connectivity index (χ3v) is 13.8. The van der Waals surface area contributed by atoms with Crippen LogP contribution < -0.4 is 0 Å². The molecular weight excluding hydrogens is 478 g/mol. The van der Waals surface area contributed by atoms with Crippen molar-refractivity contribution >= 4 is 15.6 Å². The van der Waals surface area contributed by atoms with Gasteiger partial charge in [0.15, 0.2) is 0 Å². The Labute approximate surface area is 224 Å². The first kappa shape index (κ1) is 24.9. The van der Waals surface area contributed by atoms with E-state index in [1.807, 2.05) is 6.26 Å². The third kappa shape index (κ3) is 3.57. The van der Waals surface area contributed by atoms with Crippen LogP contribution in [0.1, 0.15) is 83.9 Å². The first-order valence-electron chi connectivity index (χ1n) is 15.0. The molecule has 2 aliphatic heterocycles. The zero-order chi connectivity index (χ0) is 25.9. The predicted octanol–water partition coefficient (Wildman–Crippen LogP) is 5.42. The van der Waals surface area contributed by atoms with Crippen LogP contribution in [-0.4, -0.2) is 55.1 Å². The van der Waals surface area contributed by atoms with E-state index >= 15 is 0 Å². The summed E-state index contributed by atoms with van der Waals surface area (Å²) in [5.41, 5.74) is 6.57. The van der Waals surface area contributed by atoms with Gasteiger partial charge in [-0.05, 0) is 111 Å². The highest BCUT2D eigenvalue weighted by molar-refractivity contribution is 7.97. The van der Waals surface area contributed by atoms with Gasteiger partial charge in [-0.1, -0.05) is 31.9 Å². The molecule has 0 bridgehead atoms. The van der Waals surface area contributed by atoms with E-state index in [0.29, 0.717) is 17.3 Å². The second kappa shape index (κ2) is 8.20. The fraction of sp³-hybridized carbons (Fsp3) is 0.806. The van der Waals surface area contributed by atoms with Gasteiger partial charge >= 0.3 is 0 Å². The molecule has 4 fully saturated rings. The molecule has 2 saturated carbocycles. The summed E-state index contributed by atoms with van der Waals surface area (Å²) in [5, 5.41) is 7.71. The SMILES string of the molecule is C=S(C)(=O)N1C[C@@H](C)C[C@H]2O[C@]3(CC[C@@H]4C(=C(C)C3)C[C@H]3[C@H]4CC[C@@H]4Cc5[nH]ncc5C[C@@]43C)[C@H](C)[C@@H]21. The number of aromatic amines is 1. The first-order chi connectivity index (χ1) is 17.5. The minimum absolute atomic E-state index is 0.114. The van der Waals surface area contributed by atoms with Gasteiger partial charge in [0, 0.05) is 34.1 Å². The number of hydrogen-bond acceptors (Lipinski definition) is 3.